The molecule has 1 amide bonds. The zero-order valence-corrected chi connectivity index (χ0v) is 14.8. The Labute approximate surface area is 150 Å². The molecule has 3 rings (SSSR count). The summed E-state index contributed by atoms with van der Waals surface area (Å²) in [7, 11) is 0. The standard InChI is InChI=1S/C15H17ClN4OS.ClH/c16-12-7-2-1-5-11(12)14-19-20-15(22-14)18-13(21)10-6-3-4-9(10)8-17;/h1-2,5,7,9-10H,3-4,6,8,17H2,(H,18,20,21);1H/t9-,10-;/m1./s1. The van der Waals surface area contributed by atoms with Crippen LogP contribution in [-0.2, 0) is 4.79 Å². The molecular formula is C15H18Cl2N4OS. The van der Waals surface area contributed by atoms with Gasteiger partial charge in [0, 0.05) is 11.5 Å². The predicted octanol–water partition coefficient (Wildman–Crippen LogP) is 3.59. The molecular weight excluding hydrogens is 355 g/mol. The number of nitrogens with zero attached hydrogens (tertiary/aromatic N) is 2. The molecule has 1 heterocycles. The van der Waals surface area contributed by atoms with Gasteiger partial charge in [-0.05, 0) is 31.4 Å². The summed E-state index contributed by atoms with van der Waals surface area (Å²) in [5, 5.41) is 12.8. The molecule has 1 saturated carbocycles. The number of aromatic nitrogens is 2. The zero-order chi connectivity index (χ0) is 15.5. The van der Waals surface area contributed by atoms with Crippen LogP contribution in [0.2, 0.25) is 5.02 Å². The van der Waals surface area contributed by atoms with Gasteiger partial charge in [-0.2, -0.15) is 0 Å². The lowest BCUT2D eigenvalue weighted by Gasteiger charge is -2.15. The number of rotatable bonds is 4. The predicted molar refractivity (Wildman–Crippen MR) is 96.1 cm³/mol. The van der Waals surface area contributed by atoms with Crippen molar-refractivity contribution in [2.45, 2.75) is 19.3 Å². The lowest BCUT2D eigenvalue weighted by atomic mass is 9.95. The largest absolute Gasteiger partial charge is 0.330 e. The van der Waals surface area contributed by atoms with Crippen LogP contribution in [-0.4, -0.2) is 22.6 Å². The Kier molecular flexibility index (Phi) is 6.35. The highest BCUT2D eigenvalue weighted by molar-refractivity contribution is 7.18. The van der Waals surface area contributed by atoms with Crippen molar-refractivity contribution in [1.82, 2.24) is 10.2 Å². The summed E-state index contributed by atoms with van der Waals surface area (Å²) in [5.41, 5.74) is 6.55. The van der Waals surface area contributed by atoms with E-state index in [0.29, 0.717) is 21.7 Å². The third-order valence-corrected chi connectivity index (χ3v) is 5.26. The molecule has 23 heavy (non-hydrogen) atoms. The van der Waals surface area contributed by atoms with Crippen molar-refractivity contribution in [3.8, 4) is 10.6 Å². The second kappa shape index (κ2) is 8.06. The number of amides is 1. The van der Waals surface area contributed by atoms with Crippen LogP contribution in [0, 0.1) is 11.8 Å². The van der Waals surface area contributed by atoms with Crippen molar-refractivity contribution in [3.05, 3.63) is 29.3 Å². The third kappa shape index (κ3) is 4.01. The second-order valence-corrected chi connectivity index (χ2v) is 6.80. The van der Waals surface area contributed by atoms with Crippen molar-refractivity contribution in [1.29, 1.82) is 0 Å². The fourth-order valence-electron chi connectivity index (χ4n) is 2.88. The molecule has 0 aliphatic heterocycles. The SMILES string of the molecule is Cl.NC[C@H]1CCC[C@H]1C(=O)Nc1nnc(-c2ccccc2Cl)s1. The first kappa shape index (κ1) is 18.1. The van der Waals surface area contributed by atoms with Gasteiger partial charge in [0.15, 0.2) is 5.01 Å². The molecule has 0 spiro atoms. The molecule has 2 atom stereocenters. The monoisotopic (exact) mass is 372 g/mol. The van der Waals surface area contributed by atoms with Crippen molar-refractivity contribution in [2.24, 2.45) is 17.6 Å². The minimum absolute atomic E-state index is 0. The quantitative estimate of drug-likeness (QED) is 0.858. The van der Waals surface area contributed by atoms with Crippen LogP contribution in [0.4, 0.5) is 5.13 Å². The smallest absolute Gasteiger partial charge is 0.229 e. The van der Waals surface area contributed by atoms with Crippen molar-refractivity contribution >= 4 is 46.4 Å². The lowest BCUT2D eigenvalue weighted by molar-refractivity contribution is -0.120. The maximum Gasteiger partial charge on any atom is 0.229 e. The average molecular weight is 373 g/mol. The van der Waals surface area contributed by atoms with E-state index in [2.05, 4.69) is 15.5 Å². The highest BCUT2D eigenvalue weighted by atomic mass is 35.5. The molecule has 8 heteroatoms. The Morgan fingerprint density at radius 3 is 2.87 bits per heavy atom. The molecule has 2 aromatic rings. The molecule has 1 aromatic heterocycles. The topological polar surface area (TPSA) is 80.9 Å². The molecule has 1 aromatic carbocycles. The van der Waals surface area contributed by atoms with Crippen LogP contribution in [0.5, 0.6) is 0 Å². The number of carbonyl (C=O) groups excluding carboxylic acids is 1. The summed E-state index contributed by atoms with van der Waals surface area (Å²) in [4.78, 5) is 12.3. The number of halogens is 2. The summed E-state index contributed by atoms with van der Waals surface area (Å²) in [6.45, 7) is 0.555. The third-order valence-electron chi connectivity index (χ3n) is 4.06. The van der Waals surface area contributed by atoms with E-state index in [-0.39, 0.29) is 30.2 Å². The molecule has 0 unspecified atom stereocenters. The Hall–Kier alpha value is -1.21. The number of carbonyl (C=O) groups is 1. The molecule has 0 bridgehead atoms. The molecule has 0 saturated heterocycles. The zero-order valence-electron chi connectivity index (χ0n) is 12.4. The van der Waals surface area contributed by atoms with E-state index in [9.17, 15) is 4.79 Å². The Morgan fingerprint density at radius 1 is 1.35 bits per heavy atom. The van der Waals surface area contributed by atoms with Crippen molar-refractivity contribution in [2.75, 3.05) is 11.9 Å². The van der Waals surface area contributed by atoms with Crippen molar-refractivity contribution in [3.63, 3.8) is 0 Å². The lowest BCUT2D eigenvalue weighted by Crippen LogP contribution is -2.29. The molecule has 5 nitrogen and oxygen atoms in total. The van der Waals surface area contributed by atoms with Gasteiger partial charge in [0.05, 0.1) is 5.02 Å². The molecule has 124 valence electrons. The van der Waals surface area contributed by atoms with Gasteiger partial charge in [-0.3, -0.25) is 4.79 Å². The van der Waals surface area contributed by atoms with Crippen LogP contribution in [0.15, 0.2) is 24.3 Å². The van der Waals surface area contributed by atoms with Crippen LogP contribution in [0.1, 0.15) is 19.3 Å². The van der Waals surface area contributed by atoms with Crippen LogP contribution in [0.3, 0.4) is 0 Å². The van der Waals surface area contributed by atoms with Gasteiger partial charge >= 0.3 is 0 Å². The number of hydrogen-bond acceptors (Lipinski definition) is 5. The molecule has 3 N–H and O–H groups in total. The van der Waals surface area contributed by atoms with E-state index >= 15 is 0 Å². The van der Waals surface area contributed by atoms with Gasteiger partial charge in [0.2, 0.25) is 11.0 Å². The van der Waals surface area contributed by atoms with Crippen LogP contribution >= 0.6 is 35.3 Å². The minimum Gasteiger partial charge on any atom is -0.330 e. The normalized spacial score (nSPS) is 20.1. The van der Waals surface area contributed by atoms with E-state index in [1.165, 1.54) is 11.3 Å². The Balaban J connectivity index is 0.00000192. The van der Waals surface area contributed by atoms with Gasteiger partial charge in [0.1, 0.15) is 0 Å². The second-order valence-electron chi connectivity index (χ2n) is 5.41. The van der Waals surface area contributed by atoms with E-state index in [1.54, 1.807) is 6.07 Å². The Bertz CT molecular complexity index is 679. The van der Waals surface area contributed by atoms with Gasteiger partial charge in [-0.15, -0.1) is 22.6 Å². The molecule has 1 fully saturated rings. The summed E-state index contributed by atoms with van der Waals surface area (Å²) in [6, 6.07) is 7.45. The van der Waals surface area contributed by atoms with Gasteiger partial charge < -0.3 is 11.1 Å². The number of nitrogens with two attached hydrogens (primary N) is 1. The number of benzene rings is 1. The highest BCUT2D eigenvalue weighted by Gasteiger charge is 2.32. The maximum absolute atomic E-state index is 12.3. The van der Waals surface area contributed by atoms with E-state index in [1.807, 2.05) is 18.2 Å². The first-order valence-electron chi connectivity index (χ1n) is 7.28. The summed E-state index contributed by atoms with van der Waals surface area (Å²) in [5.74, 6) is 0.253. The van der Waals surface area contributed by atoms with E-state index in [0.717, 1.165) is 24.8 Å². The van der Waals surface area contributed by atoms with E-state index < -0.39 is 0 Å². The van der Waals surface area contributed by atoms with Crippen LogP contribution in [0.25, 0.3) is 10.6 Å². The first-order valence-corrected chi connectivity index (χ1v) is 8.48. The summed E-state index contributed by atoms with van der Waals surface area (Å²) in [6.07, 6.45) is 2.97. The number of anilines is 1. The van der Waals surface area contributed by atoms with Crippen LogP contribution < -0.4 is 11.1 Å². The number of hydrogen-bond donors (Lipinski definition) is 2. The molecule has 1 aliphatic rings. The highest BCUT2D eigenvalue weighted by Crippen LogP contribution is 2.34. The first-order chi connectivity index (χ1) is 10.7. The fourth-order valence-corrected chi connectivity index (χ4v) is 3.95. The summed E-state index contributed by atoms with van der Waals surface area (Å²) >= 11 is 7.48. The van der Waals surface area contributed by atoms with Crippen molar-refractivity contribution < 1.29 is 4.79 Å². The van der Waals surface area contributed by atoms with Gasteiger partial charge in [-0.25, -0.2) is 0 Å². The van der Waals surface area contributed by atoms with Gasteiger partial charge in [0.25, 0.3) is 0 Å². The average Bonchev–Trinajstić information content (AvgIpc) is 3.16. The number of nitrogens with one attached hydrogen (secondary N) is 1. The fraction of sp³-hybridized carbons (Fsp3) is 0.400. The Morgan fingerprint density at radius 2 is 2.13 bits per heavy atom. The van der Waals surface area contributed by atoms with E-state index in [4.69, 9.17) is 17.3 Å². The maximum atomic E-state index is 12.3. The van der Waals surface area contributed by atoms with Gasteiger partial charge in [-0.1, -0.05) is 47.6 Å². The summed E-state index contributed by atoms with van der Waals surface area (Å²) < 4.78 is 0. The molecule has 0 radical (unpaired) electrons. The minimum atomic E-state index is -0.0161. The molecule has 1 aliphatic carbocycles.